The topological polar surface area (TPSA) is 46.3 Å². The molecule has 2 bridgehead atoms. The third-order valence-corrected chi connectivity index (χ3v) is 5.47. The largest absolute Gasteiger partial charge is 0.399 e. The van der Waals surface area contributed by atoms with Crippen LogP contribution in [0.15, 0.2) is 48.5 Å². The second-order valence-corrected chi connectivity index (χ2v) is 6.94. The Hall–Kier alpha value is -2.36. The van der Waals surface area contributed by atoms with Crippen molar-refractivity contribution in [3.05, 3.63) is 65.5 Å². The number of amides is 1. The molecule has 2 aromatic rings. The van der Waals surface area contributed by atoms with E-state index >= 15 is 0 Å². The van der Waals surface area contributed by atoms with Crippen LogP contribution in [0.3, 0.4) is 0 Å². The van der Waals surface area contributed by atoms with Gasteiger partial charge in [-0.05, 0) is 73.6 Å². The van der Waals surface area contributed by atoms with Crippen molar-refractivity contribution in [2.45, 2.75) is 43.7 Å². The summed E-state index contributed by atoms with van der Waals surface area (Å²) < 4.78 is 13.1. The van der Waals surface area contributed by atoms with Crippen LogP contribution in [-0.4, -0.2) is 22.9 Å². The SMILES string of the molecule is Nc1ccc(C(=O)N2[C@@H]3CC[C@H]2C[C@@H](c2ccc(F)cc2)C3)cc1. The zero-order valence-electron chi connectivity index (χ0n) is 13.5. The molecule has 4 rings (SSSR count). The van der Waals surface area contributed by atoms with Gasteiger partial charge in [0, 0.05) is 23.3 Å². The summed E-state index contributed by atoms with van der Waals surface area (Å²) in [5.74, 6) is 0.330. The van der Waals surface area contributed by atoms with Crippen LogP contribution < -0.4 is 5.73 Å². The number of fused-ring (bicyclic) bond motifs is 2. The smallest absolute Gasteiger partial charge is 0.254 e. The van der Waals surface area contributed by atoms with Crippen molar-refractivity contribution in [1.29, 1.82) is 0 Å². The van der Waals surface area contributed by atoms with Crippen LogP contribution in [0.5, 0.6) is 0 Å². The van der Waals surface area contributed by atoms with E-state index in [1.165, 1.54) is 17.7 Å². The van der Waals surface area contributed by atoms with Crippen molar-refractivity contribution >= 4 is 11.6 Å². The molecule has 0 aromatic heterocycles. The van der Waals surface area contributed by atoms with Gasteiger partial charge in [0.05, 0.1) is 0 Å². The van der Waals surface area contributed by atoms with Crippen molar-refractivity contribution in [2.75, 3.05) is 5.73 Å². The molecule has 1 amide bonds. The lowest BCUT2D eigenvalue weighted by Crippen LogP contribution is -2.46. The molecule has 0 unspecified atom stereocenters. The first-order valence-corrected chi connectivity index (χ1v) is 8.55. The van der Waals surface area contributed by atoms with Gasteiger partial charge in [0.25, 0.3) is 5.91 Å². The number of nitrogen functional groups attached to an aromatic ring is 1. The van der Waals surface area contributed by atoms with E-state index in [2.05, 4.69) is 4.90 Å². The highest BCUT2D eigenvalue weighted by Gasteiger charge is 2.43. The van der Waals surface area contributed by atoms with Crippen molar-refractivity contribution in [1.82, 2.24) is 4.90 Å². The molecule has 2 aliphatic heterocycles. The first-order chi connectivity index (χ1) is 11.6. The number of hydrogen-bond acceptors (Lipinski definition) is 2. The minimum Gasteiger partial charge on any atom is -0.399 e. The van der Waals surface area contributed by atoms with Gasteiger partial charge in [-0.3, -0.25) is 4.79 Å². The lowest BCUT2D eigenvalue weighted by molar-refractivity contribution is 0.0571. The Balaban J connectivity index is 1.53. The van der Waals surface area contributed by atoms with Gasteiger partial charge >= 0.3 is 0 Å². The van der Waals surface area contributed by atoms with Crippen LogP contribution in [0, 0.1) is 5.82 Å². The second kappa shape index (κ2) is 5.93. The highest BCUT2D eigenvalue weighted by molar-refractivity contribution is 5.95. The molecule has 124 valence electrons. The molecule has 2 N–H and O–H groups in total. The molecular weight excluding hydrogens is 303 g/mol. The Morgan fingerprint density at radius 1 is 0.958 bits per heavy atom. The monoisotopic (exact) mass is 324 g/mol. The van der Waals surface area contributed by atoms with Crippen LogP contribution in [0.1, 0.15) is 47.5 Å². The van der Waals surface area contributed by atoms with Crippen LogP contribution in [0.2, 0.25) is 0 Å². The number of nitrogens with two attached hydrogens (primary N) is 1. The van der Waals surface area contributed by atoms with Gasteiger partial charge in [-0.1, -0.05) is 12.1 Å². The lowest BCUT2D eigenvalue weighted by Gasteiger charge is -2.39. The third-order valence-electron chi connectivity index (χ3n) is 5.47. The Kier molecular flexibility index (Phi) is 3.75. The molecule has 0 aliphatic carbocycles. The van der Waals surface area contributed by atoms with Crippen molar-refractivity contribution in [2.24, 2.45) is 0 Å². The summed E-state index contributed by atoms with van der Waals surface area (Å²) in [5.41, 5.74) is 8.28. The van der Waals surface area contributed by atoms with Gasteiger partial charge in [0.1, 0.15) is 5.82 Å². The van der Waals surface area contributed by atoms with Gasteiger partial charge in [0.2, 0.25) is 0 Å². The van der Waals surface area contributed by atoms with E-state index in [1.54, 1.807) is 12.1 Å². The predicted molar refractivity (Wildman–Crippen MR) is 92.2 cm³/mol. The number of anilines is 1. The number of nitrogens with zero attached hydrogens (tertiary/aromatic N) is 1. The standard InChI is InChI=1S/C20H21FN2O/c21-16-5-1-13(2-6-16)15-11-18-9-10-19(12-15)23(18)20(24)14-3-7-17(22)8-4-14/h1-8,15,18-19H,9-12,22H2/t15-,18+,19-. The number of carbonyl (C=O) groups excluding carboxylic acids is 1. The molecule has 2 saturated heterocycles. The highest BCUT2D eigenvalue weighted by atomic mass is 19.1. The van der Waals surface area contributed by atoms with E-state index in [0.29, 0.717) is 17.2 Å². The summed E-state index contributed by atoms with van der Waals surface area (Å²) in [4.78, 5) is 15.0. The number of hydrogen-bond donors (Lipinski definition) is 1. The molecule has 0 radical (unpaired) electrons. The van der Waals surface area contributed by atoms with Crippen molar-refractivity contribution in [3.63, 3.8) is 0 Å². The Morgan fingerprint density at radius 3 is 2.12 bits per heavy atom. The highest BCUT2D eigenvalue weighted by Crippen LogP contribution is 2.43. The van der Waals surface area contributed by atoms with Gasteiger partial charge in [-0.2, -0.15) is 0 Å². The van der Waals surface area contributed by atoms with Crippen molar-refractivity contribution < 1.29 is 9.18 Å². The summed E-state index contributed by atoms with van der Waals surface area (Å²) in [7, 11) is 0. The van der Waals surface area contributed by atoms with Crippen LogP contribution in [0.25, 0.3) is 0 Å². The minimum atomic E-state index is -0.197. The summed E-state index contributed by atoms with van der Waals surface area (Å²) in [5, 5.41) is 0. The molecular formula is C20H21FN2O. The molecule has 2 heterocycles. The fraction of sp³-hybridized carbons (Fsp3) is 0.350. The fourth-order valence-corrected chi connectivity index (χ4v) is 4.29. The first kappa shape index (κ1) is 15.2. The molecule has 2 aliphatic rings. The molecule has 24 heavy (non-hydrogen) atoms. The molecule has 3 nitrogen and oxygen atoms in total. The maximum absolute atomic E-state index is 13.1. The third kappa shape index (κ3) is 2.66. The first-order valence-electron chi connectivity index (χ1n) is 8.55. The maximum Gasteiger partial charge on any atom is 0.254 e. The molecule has 2 aromatic carbocycles. The summed E-state index contributed by atoms with van der Waals surface area (Å²) >= 11 is 0. The number of carbonyl (C=O) groups is 1. The molecule has 2 fully saturated rings. The van der Waals surface area contributed by atoms with Gasteiger partial charge < -0.3 is 10.6 Å². The lowest BCUT2D eigenvalue weighted by atomic mass is 9.85. The maximum atomic E-state index is 13.1. The van der Waals surface area contributed by atoms with Crippen LogP contribution in [0.4, 0.5) is 10.1 Å². The number of benzene rings is 2. The van der Waals surface area contributed by atoms with Crippen LogP contribution >= 0.6 is 0 Å². The average molecular weight is 324 g/mol. The number of piperidine rings is 1. The Bertz CT molecular complexity index is 727. The van der Waals surface area contributed by atoms with E-state index in [9.17, 15) is 9.18 Å². The molecule has 4 heteroatoms. The van der Waals surface area contributed by atoms with E-state index in [-0.39, 0.29) is 23.8 Å². The predicted octanol–water partition coefficient (Wildman–Crippen LogP) is 3.96. The minimum absolute atomic E-state index is 0.111. The number of halogens is 1. The zero-order valence-corrected chi connectivity index (χ0v) is 13.5. The summed E-state index contributed by atoms with van der Waals surface area (Å²) in [6.07, 6.45) is 4.04. The molecule has 0 spiro atoms. The van der Waals surface area contributed by atoms with Gasteiger partial charge in [-0.25, -0.2) is 4.39 Å². The molecule has 3 atom stereocenters. The Labute approximate surface area is 141 Å². The fourth-order valence-electron chi connectivity index (χ4n) is 4.29. The van der Waals surface area contributed by atoms with Crippen molar-refractivity contribution in [3.8, 4) is 0 Å². The quantitative estimate of drug-likeness (QED) is 0.850. The van der Waals surface area contributed by atoms with Gasteiger partial charge in [-0.15, -0.1) is 0 Å². The molecule has 0 saturated carbocycles. The van der Waals surface area contributed by atoms with Crippen LogP contribution in [-0.2, 0) is 0 Å². The summed E-state index contributed by atoms with van der Waals surface area (Å²) in [6, 6.07) is 14.6. The Morgan fingerprint density at radius 2 is 1.54 bits per heavy atom. The normalized spacial score (nSPS) is 25.7. The zero-order chi connectivity index (χ0) is 16.7. The van der Waals surface area contributed by atoms with E-state index in [4.69, 9.17) is 5.73 Å². The summed E-state index contributed by atoms with van der Waals surface area (Å²) in [6.45, 7) is 0. The van der Waals surface area contributed by atoms with E-state index in [1.807, 2.05) is 24.3 Å². The van der Waals surface area contributed by atoms with E-state index in [0.717, 1.165) is 25.7 Å². The number of rotatable bonds is 2. The second-order valence-electron chi connectivity index (χ2n) is 6.94. The average Bonchev–Trinajstić information content (AvgIpc) is 2.85. The van der Waals surface area contributed by atoms with Gasteiger partial charge in [0.15, 0.2) is 0 Å². The van der Waals surface area contributed by atoms with E-state index < -0.39 is 0 Å².